The van der Waals surface area contributed by atoms with Crippen LogP contribution in [0.25, 0.3) is 0 Å². The van der Waals surface area contributed by atoms with E-state index >= 15 is 0 Å². The molecule has 1 atom stereocenters. The molecule has 0 bridgehead atoms. The molecule has 5 heteroatoms. The van der Waals surface area contributed by atoms with Crippen LogP contribution in [-0.2, 0) is 0 Å². The molecule has 0 saturated carbocycles. The van der Waals surface area contributed by atoms with Gasteiger partial charge in [0.05, 0.1) is 5.69 Å². The van der Waals surface area contributed by atoms with Crippen LogP contribution in [0.15, 0.2) is 18.2 Å². The number of fused-ring (bicyclic) bond motifs is 1. The van der Waals surface area contributed by atoms with Crippen molar-refractivity contribution in [2.24, 2.45) is 5.41 Å². The van der Waals surface area contributed by atoms with E-state index < -0.39 is 6.36 Å². The number of para-hydroxylation sites is 1. The van der Waals surface area contributed by atoms with Crippen molar-refractivity contribution in [3.05, 3.63) is 23.8 Å². The third kappa shape index (κ3) is 2.80. The van der Waals surface area contributed by atoms with Gasteiger partial charge < -0.3 is 10.1 Å². The molecule has 1 heterocycles. The summed E-state index contributed by atoms with van der Waals surface area (Å²) in [6, 6.07) is 4.84. The van der Waals surface area contributed by atoms with Crippen LogP contribution in [0.2, 0.25) is 0 Å². The minimum absolute atomic E-state index is 0.0368. The Morgan fingerprint density at radius 2 is 2.00 bits per heavy atom. The lowest BCUT2D eigenvalue weighted by molar-refractivity contribution is -0.274. The summed E-state index contributed by atoms with van der Waals surface area (Å²) in [6.07, 6.45) is -3.70. The van der Waals surface area contributed by atoms with Gasteiger partial charge in [0.15, 0.2) is 5.75 Å². The molecule has 1 aromatic rings. The summed E-state index contributed by atoms with van der Waals surface area (Å²) in [7, 11) is 0. The Balaban J connectivity index is 2.36. The first-order valence-electron chi connectivity index (χ1n) is 6.37. The summed E-state index contributed by atoms with van der Waals surface area (Å²) >= 11 is 0. The molecule has 0 aromatic heterocycles. The second kappa shape index (κ2) is 4.62. The molecule has 2 rings (SSSR count). The summed E-state index contributed by atoms with van der Waals surface area (Å²) in [6.45, 7) is 7.00. The number of ether oxygens (including phenoxy) is 1. The first-order chi connectivity index (χ1) is 8.74. The predicted octanol–water partition coefficient (Wildman–Crippen LogP) is 4.53. The minimum atomic E-state index is -4.66. The van der Waals surface area contributed by atoms with Crippen LogP contribution in [0.4, 0.5) is 18.9 Å². The fraction of sp³-hybridized carbons (Fsp3) is 0.571. The van der Waals surface area contributed by atoms with Crippen LogP contribution in [0.5, 0.6) is 5.75 Å². The molecule has 1 unspecified atom stereocenters. The molecular formula is C14H18F3NO. The molecule has 0 saturated heterocycles. The molecular weight excluding hydrogens is 255 g/mol. The molecule has 19 heavy (non-hydrogen) atoms. The average Bonchev–Trinajstić information content (AvgIpc) is 2.72. The van der Waals surface area contributed by atoms with E-state index in [0.717, 1.165) is 12.0 Å². The SMILES string of the molecule is CCC(C)(C)C1CNc2c(OC(F)(F)F)cccc21. The summed E-state index contributed by atoms with van der Waals surface area (Å²) in [5.41, 5.74) is 1.43. The fourth-order valence-electron chi connectivity index (χ4n) is 2.50. The Kier molecular flexibility index (Phi) is 3.41. The number of rotatable bonds is 3. The van der Waals surface area contributed by atoms with E-state index in [1.165, 1.54) is 6.07 Å². The van der Waals surface area contributed by atoms with Crippen LogP contribution >= 0.6 is 0 Å². The zero-order valence-corrected chi connectivity index (χ0v) is 11.3. The highest BCUT2D eigenvalue weighted by Crippen LogP contribution is 2.48. The summed E-state index contributed by atoms with van der Waals surface area (Å²) in [5, 5.41) is 3.06. The van der Waals surface area contributed by atoms with E-state index in [1.807, 2.05) is 6.07 Å². The van der Waals surface area contributed by atoms with Crippen molar-refractivity contribution in [2.45, 2.75) is 39.5 Å². The van der Waals surface area contributed by atoms with Gasteiger partial charge in [-0.1, -0.05) is 39.3 Å². The second-order valence-corrected chi connectivity index (χ2v) is 5.54. The molecule has 2 nitrogen and oxygen atoms in total. The lowest BCUT2D eigenvalue weighted by atomic mass is 9.74. The van der Waals surface area contributed by atoms with Crippen LogP contribution in [0.1, 0.15) is 38.7 Å². The van der Waals surface area contributed by atoms with Gasteiger partial charge in [0.25, 0.3) is 0 Å². The number of halogens is 3. The first kappa shape index (κ1) is 14.0. The molecule has 106 valence electrons. The Hall–Kier alpha value is -1.39. The van der Waals surface area contributed by atoms with Crippen molar-refractivity contribution in [3.8, 4) is 5.75 Å². The predicted molar refractivity (Wildman–Crippen MR) is 68.4 cm³/mol. The van der Waals surface area contributed by atoms with Crippen molar-refractivity contribution in [2.75, 3.05) is 11.9 Å². The monoisotopic (exact) mass is 273 g/mol. The molecule has 1 aromatic carbocycles. The zero-order valence-electron chi connectivity index (χ0n) is 11.3. The summed E-state index contributed by atoms with van der Waals surface area (Å²) in [4.78, 5) is 0. The molecule has 0 fully saturated rings. The van der Waals surface area contributed by atoms with Gasteiger partial charge in [-0.15, -0.1) is 13.2 Å². The van der Waals surface area contributed by atoms with E-state index in [0.29, 0.717) is 12.2 Å². The lowest BCUT2D eigenvalue weighted by Gasteiger charge is -2.30. The lowest BCUT2D eigenvalue weighted by Crippen LogP contribution is -2.22. The Morgan fingerprint density at radius 1 is 1.32 bits per heavy atom. The van der Waals surface area contributed by atoms with Crippen molar-refractivity contribution >= 4 is 5.69 Å². The van der Waals surface area contributed by atoms with Gasteiger partial charge in [-0.25, -0.2) is 0 Å². The van der Waals surface area contributed by atoms with E-state index in [4.69, 9.17) is 0 Å². The van der Waals surface area contributed by atoms with Crippen LogP contribution in [-0.4, -0.2) is 12.9 Å². The van der Waals surface area contributed by atoms with Gasteiger partial charge in [0, 0.05) is 12.5 Å². The topological polar surface area (TPSA) is 21.3 Å². The Bertz CT molecular complexity index is 468. The van der Waals surface area contributed by atoms with Crippen LogP contribution < -0.4 is 10.1 Å². The van der Waals surface area contributed by atoms with Gasteiger partial charge in [0.1, 0.15) is 0 Å². The van der Waals surface area contributed by atoms with E-state index in [9.17, 15) is 13.2 Å². The van der Waals surface area contributed by atoms with Gasteiger partial charge in [-0.05, 0) is 17.0 Å². The Labute approximate surface area is 111 Å². The van der Waals surface area contributed by atoms with Crippen molar-refractivity contribution < 1.29 is 17.9 Å². The number of benzene rings is 1. The standard InChI is InChI=1S/C14H18F3NO/c1-4-13(2,3)10-8-18-12-9(10)6-5-7-11(12)19-14(15,16)17/h5-7,10,18H,4,8H2,1-3H3. The molecule has 1 N–H and O–H groups in total. The maximum absolute atomic E-state index is 12.4. The Morgan fingerprint density at radius 3 is 2.58 bits per heavy atom. The van der Waals surface area contributed by atoms with E-state index in [1.54, 1.807) is 6.07 Å². The molecule has 0 radical (unpaired) electrons. The van der Waals surface area contributed by atoms with E-state index in [-0.39, 0.29) is 17.1 Å². The number of anilines is 1. The largest absolute Gasteiger partial charge is 0.573 e. The molecule has 0 aliphatic carbocycles. The molecule has 1 aliphatic rings. The fourth-order valence-corrected chi connectivity index (χ4v) is 2.50. The molecule has 1 aliphatic heterocycles. The van der Waals surface area contributed by atoms with Gasteiger partial charge >= 0.3 is 6.36 Å². The summed E-state index contributed by atoms with van der Waals surface area (Å²) in [5.74, 6) is 0.0590. The first-order valence-corrected chi connectivity index (χ1v) is 6.37. The summed E-state index contributed by atoms with van der Waals surface area (Å²) < 4.78 is 41.1. The highest BCUT2D eigenvalue weighted by atomic mass is 19.4. The van der Waals surface area contributed by atoms with Crippen molar-refractivity contribution in [3.63, 3.8) is 0 Å². The zero-order chi connectivity index (χ0) is 14.3. The van der Waals surface area contributed by atoms with E-state index in [2.05, 4.69) is 30.8 Å². The third-order valence-electron chi connectivity index (χ3n) is 4.00. The van der Waals surface area contributed by atoms with Gasteiger partial charge in [-0.2, -0.15) is 0 Å². The quantitative estimate of drug-likeness (QED) is 0.873. The minimum Gasteiger partial charge on any atom is -0.404 e. The number of alkyl halides is 3. The highest BCUT2D eigenvalue weighted by molar-refractivity contribution is 5.67. The van der Waals surface area contributed by atoms with Crippen LogP contribution in [0, 0.1) is 5.41 Å². The number of hydrogen-bond acceptors (Lipinski definition) is 2. The molecule has 0 amide bonds. The third-order valence-corrected chi connectivity index (χ3v) is 4.00. The van der Waals surface area contributed by atoms with Crippen molar-refractivity contribution in [1.82, 2.24) is 0 Å². The van der Waals surface area contributed by atoms with Crippen LogP contribution in [0.3, 0.4) is 0 Å². The number of hydrogen-bond donors (Lipinski definition) is 1. The van der Waals surface area contributed by atoms with Gasteiger partial charge in [-0.3, -0.25) is 0 Å². The van der Waals surface area contributed by atoms with Gasteiger partial charge in [0.2, 0.25) is 0 Å². The van der Waals surface area contributed by atoms with Crippen molar-refractivity contribution in [1.29, 1.82) is 0 Å². The second-order valence-electron chi connectivity index (χ2n) is 5.54. The normalized spacial score (nSPS) is 18.9. The number of nitrogens with one attached hydrogen (secondary N) is 1. The molecule has 0 spiro atoms. The average molecular weight is 273 g/mol. The maximum Gasteiger partial charge on any atom is 0.573 e. The maximum atomic E-state index is 12.4. The highest BCUT2D eigenvalue weighted by Gasteiger charge is 2.38. The smallest absolute Gasteiger partial charge is 0.404 e.